The Kier molecular flexibility index (Phi) is 7.60. The lowest BCUT2D eigenvalue weighted by atomic mass is 10.2. The predicted molar refractivity (Wildman–Crippen MR) is 140 cm³/mol. The van der Waals surface area contributed by atoms with Gasteiger partial charge in [0.25, 0.3) is 6.01 Å². The van der Waals surface area contributed by atoms with E-state index in [1.807, 2.05) is 72.8 Å². The number of aromatic nitrogens is 1. The van der Waals surface area contributed by atoms with Gasteiger partial charge in [-0.2, -0.15) is 4.98 Å². The minimum absolute atomic E-state index is 0.298. The van der Waals surface area contributed by atoms with E-state index in [4.69, 9.17) is 13.9 Å². The molecule has 1 fully saturated rings. The van der Waals surface area contributed by atoms with Crippen molar-refractivity contribution in [2.75, 3.05) is 55.4 Å². The SMILES string of the molecule is O=C(Nc1ccccc1)Nc1cccc(CNc2nc3ccc(OCCN4CCOCC4)cc3o2)c1. The summed E-state index contributed by atoms with van der Waals surface area (Å²) in [6.07, 6.45) is 0. The molecule has 1 saturated heterocycles. The highest BCUT2D eigenvalue weighted by atomic mass is 16.5. The third-order valence-corrected chi connectivity index (χ3v) is 5.80. The van der Waals surface area contributed by atoms with E-state index in [2.05, 4.69) is 25.8 Å². The van der Waals surface area contributed by atoms with Crippen molar-refractivity contribution in [3.05, 3.63) is 78.4 Å². The number of oxazole rings is 1. The largest absolute Gasteiger partial charge is 0.492 e. The number of amides is 2. The summed E-state index contributed by atoms with van der Waals surface area (Å²) in [5.41, 5.74) is 3.82. The summed E-state index contributed by atoms with van der Waals surface area (Å²) in [7, 11) is 0. The third-order valence-electron chi connectivity index (χ3n) is 5.80. The zero-order valence-corrected chi connectivity index (χ0v) is 19.9. The van der Waals surface area contributed by atoms with Crippen LogP contribution in [0.1, 0.15) is 5.56 Å². The van der Waals surface area contributed by atoms with Crippen molar-refractivity contribution in [2.24, 2.45) is 0 Å². The molecule has 3 aromatic carbocycles. The van der Waals surface area contributed by atoms with Crippen LogP contribution in [0.2, 0.25) is 0 Å². The Balaban J connectivity index is 1.13. The summed E-state index contributed by atoms with van der Waals surface area (Å²) in [6.45, 7) is 5.42. The quantitative estimate of drug-likeness (QED) is 0.312. The molecule has 1 aromatic heterocycles. The highest BCUT2D eigenvalue weighted by molar-refractivity contribution is 5.99. The summed E-state index contributed by atoms with van der Waals surface area (Å²) in [6, 6.07) is 22.7. The standard InChI is InChI=1S/C27H29N5O4/c33-26(29-21-6-2-1-3-7-21)30-22-8-4-5-20(17-22)19-28-27-31-24-10-9-23(18-25(24)36-27)35-16-13-32-11-14-34-15-12-32/h1-10,17-18H,11-16,19H2,(H,28,31)(H2,29,30,33). The van der Waals surface area contributed by atoms with Gasteiger partial charge < -0.3 is 29.8 Å². The molecule has 2 heterocycles. The van der Waals surface area contributed by atoms with Crippen LogP contribution in [0.4, 0.5) is 22.2 Å². The van der Waals surface area contributed by atoms with Gasteiger partial charge in [-0.15, -0.1) is 0 Å². The molecule has 36 heavy (non-hydrogen) atoms. The van der Waals surface area contributed by atoms with Gasteiger partial charge in [0.05, 0.1) is 13.2 Å². The topological polar surface area (TPSA) is 101 Å². The number of para-hydroxylation sites is 1. The number of urea groups is 1. The summed E-state index contributed by atoms with van der Waals surface area (Å²) < 4.78 is 17.2. The second-order valence-corrected chi connectivity index (χ2v) is 8.45. The molecular weight excluding hydrogens is 458 g/mol. The fraction of sp³-hybridized carbons (Fsp3) is 0.259. The summed E-state index contributed by atoms with van der Waals surface area (Å²) in [4.78, 5) is 19.1. The van der Waals surface area contributed by atoms with Crippen LogP contribution in [-0.2, 0) is 11.3 Å². The maximum Gasteiger partial charge on any atom is 0.323 e. The first-order valence-electron chi connectivity index (χ1n) is 12.0. The van der Waals surface area contributed by atoms with Crippen LogP contribution in [0.25, 0.3) is 11.1 Å². The van der Waals surface area contributed by atoms with E-state index >= 15 is 0 Å². The Morgan fingerprint density at radius 1 is 0.944 bits per heavy atom. The highest BCUT2D eigenvalue weighted by Gasteiger charge is 2.11. The van der Waals surface area contributed by atoms with Gasteiger partial charge in [0, 0.05) is 43.6 Å². The molecule has 1 aliphatic heterocycles. The number of carbonyl (C=O) groups excluding carboxylic acids is 1. The van der Waals surface area contributed by atoms with E-state index in [1.165, 1.54) is 0 Å². The number of anilines is 3. The average Bonchev–Trinajstić information content (AvgIpc) is 3.31. The number of rotatable bonds is 9. The number of morpholine rings is 1. The number of ether oxygens (including phenoxy) is 2. The van der Waals surface area contributed by atoms with Crippen molar-refractivity contribution in [3.8, 4) is 5.75 Å². The van der Waals surface area contributed by atoms with Gasteiger partial charge in [0.1, 0.15) is 17.9 Å². The number of nitrogens with zero attached hydrogens (tertiary/aromatic N) is 2. The van der Waals surface area contributed by atoms with Gasteiger partial charge in [-0.25, -0.2) is 4.79 Å². The number of carbonyl (C=O) groups is 1. The van der Waals surface area contributed by atoms with Gasteiger partial charge >= 0.3 is 6.03 Å². The predicted octanol–water partition coefficient (Wildman–Crippen LogP) is 4.79. The molecule has 0 radical (unpaired) electrons. The molecule has 3 N–H and O–H groups in total. The molecule has 0 saturated carbocycles. The molecular formula is C27H29N5O4. The Hall–Kier alpha value is -4.08. The monoisotopic (exact) mass is 487 g/mol. The van der Waals surface area contributed by atoms with Crippen molar-refractivity contribution in [3.63, 3.8) is 0 Å². The summed E-state index contributed by atoms with van der Waals surface area (Å²) >= 11 is 0. The van der Waals surface area contributed by atoms with Crippen LogP contribution in [0.3, 0.4) is 0 Å². The van der Waals surface area contributed by atoms with Crippen LogP contribution in [0.5, 0.6) is 5.75 Å². The molecule has 186 valence electrons. The minimum Gasteiger partial charge on any atom is -0.492 e. The Bertz CT molecular complexity index is 1290. The molecule has 1 aliphatic rings. The van der Waals surface area contributed by atoms with Crippen LogP contribution in [0, 0.1) is 0 Å². The lowest BCUT2D eigenvalue weighted by Gasteiger charge is -2.26. The first-order chi connectivity index (χ1) is 17.7. The minimum atomic E-state index is -0.298. The molecule has 0 bridgehead atoms. The fourth-order valence-corrected chi connectivity index (χ4v) is 3.94. The molecule has 5 rings (SSSR count). The van der Waals surface area contributed by atoms with Crippen molar-refractivity contribution in [1.29, 1.82) is 0 Å². The average molecular weight is 488 g/mol. The Morgan fingerprint density at radius 2 is 1.75 bits per heavy atom. The lowest BCUT2D eigenvalue weighted by Crippen LogP contribution is -2.38. The van der Waals surface area contributed by atoms with Crippen molar-refractivity contribution in [2.45, 2.75) is 6.54 Å². The second kappa shape index (κ2) is 11.6. The smallest absolute Gasteiger partial charge is 0.323 e. The maximum atomic E-state index is 12.3. The van der Waals surface area contributed by atoms with E-state index in [1.54, 1.807) is 0 Å². The molecule has 0 atom stereocenters. The zero-order chi connectivity index (χ0) is 24.6. The number of hydrogen-bond acceptors (Lipinski definition) is 7. The fourth-order valence-electron chi connectivity index (χ4n) is 3.94. The van der Waals surface area contributed by atoms with Crippen molar-refractivity contribution < 1.29 is 18.7 Å². The van der Waals surface area contributed by atoms with Crippen LogP contribution >= 0.6 is 0 Å². The number of benzene rings is 3. The molecule has 0 aliphatic carbocycles. The lowest BCUT2D eigenvalue weighted by molar-refractivity contribution is 0.0322. The highest BCUT2D eigenvalue weighted by Crippen LogP contribution is 2.24. The van der Waals surface area contributed by atoms with E-state index in [9.17, 15) is 4.79 Å². The van der Waals surface area contributed by atoms with Gasteiger partial charge in [-0.1, -0.05) is 30.3 Å². The van der Waals surface area contributed by atoms with Gasteiger partial charge in [0.2, 0.25) is 0 Å². The molecule has 2 amide bonds. The van der Waals surface area contributed by atoms with E-state index in [-0.39, 0.29) is 6.03 Å². The maximum absolute atomic E-state index is 12.3. The van der Waals surface area contributed by atoms with E-state index in [0.29, 0.717) is 30.4 Å². The molecule has 4 aromatic rings. The van der Waals surface area contributed by atoms with Crippen LogP contribution < -0.4 is 20.7 Å². The first-order valence-corrected chi connectivity index (χ1v) is 12.0. The summed E-state index contributed by atoms with van der Waals surface area (Å²) in [5, 5.41) is 8.87. The number of hydrogen-bond donors (Lipinski definition) is 3. The van der Waals surface area contributed by atoms with Gasteiger partial charge in [-0.05, 0) is 42.0 Å². The number of fused-ring (bicyclic) bond motifs is 1. The molecule has 0 unspecified atom stereocenters. The first kappa shape index (κ1) is 23.7. The molecule has 9 heteroatoms. The van der Waals surface area contributed by atoms with Crippen LogP contribution in [0.15, 0.2) is 77.2 Å². The molecule has 0 spiro atoms. The Morgan fingerprint density at radius 3 is 2.61 bits per heavy atom. The summed E-state index contributed by atoms with van der Waals surface area (Å²) in [5.74, 6) is 0.756. The van der Waals surface area contributed by atoms with Crippen LogP contribution in [-0.4, -0.2) is 55.4 Å². The van der Waals surface area contributed by atoms with Gasteiger partial charge in [0.15, 0.2) is 5.58 Å². The van der Waals surface area contributed by atoms with Crippen molar-refractivity contribution in [1.82, 2.24) is 9.88 Å². The van der Waals surface area contributed by atoms with E-state index in [0.717, 1.165) is 55.4 Å². The Labute approximate surface area is 209 Å². The zero-order valence-electron chi connectivity index (χ0n) is 19.9. The molecule has 9 nitrogen and oxygen atoms in total. The van der Waals surface area contributed by atoms with E-state index < -0.39 is 0 Å². The van der Waals surface area contributed by atoms with Crippen molar-refractivity contribution >= 4 is 34.5 Å². The number of nitrogens with one attached hydrogen (secondary N) is 3. The second-order valence-electron chi connectivity index (χ2n) is 8.45. The normalized spacial score (nSPS) is 13.9. The third kappa shape index (κ3) is 6.53. The van der Waals surface area contributed by atoms with Gasteiger partial charge in [-0.3, -0.25) is 4.90 Å².